The fourth-order valence-corrected chi connectivity index (χ4v) is 2.82. The first kappa shape index (κ1) is 14.7. The summed E-state index contributed by atoms with van der Waals surface area (Å²) in [5.74, 6) is -0.0792. The van der Waals surface area contributed by atoms with E-state index >= 15 is 0 Å². The molecule has 0 aliphatic heterocycles. The molecule has 0 fully saturated rings. The molecule has 0 unspecified atom stereocenters. The predicted octanol–water partition coefficient (Wildman–Crippen LogP) is 0.000140. The number of nitrogens with zero attached hydrogens (tertiary/aromatic N) is 3. The van der Waals surface area contributed by atoms with E-state index in [-0.39, 0.29) is 28.8 Å². The quantitative estimate of drug-likeness (QED) is 0.772. The van der Waals surface area contributed by atoms with Gasteiger partial charge in [-0.2, -0.15) is 4.31 Å². The lowest BCUT2D eigenvalue weighted by molar-refractivity contribution is -0.128. The van der Waals surface area contributed by atoms with Crippen LogP contribution < -0.4 is 0 Å². The van der Waals surface area contributed by atoms with Gasteiger partial charge in [-0.3, -0.25) is 4.79 Å². The predicted molar refractivity (Wildman–Crippen MR) is 64.5 cm³/mol. The monoisotopic (exact) mass is 275 g/mol. The largest absolute Gasteiger partial charge is 0.360 e. The second-order valence-corrected chi connectivity index (χ2v) is 6.18. The maximum Gasteiger partial charge on any atom is 0.248 e. The molecule has 1 heterocycles. The molecule has 0 saturated heterocycles. The summed E-state index contributed by atoms with van der Waals surface area (Å²) in [5, 5.41) is 3.60. The van der Waals surface area contributed by atoms with Gasteiger partial charge in [-0.15, -0.1) is 0 Å². The van der Waals surface area contributed by atoms with Crippen LogP contribution in [0, 0.1) is 13.8 Å². The molecule has 18 heavy (non-hydrogen) atoms. The van der Waals surface area contributed by atoms with Gasteiger partial charge in [0.2, 0.25) is 15.9 Å². The van der Waals surface area contributed by atoms with E-state index in [1.165, 1.54) is 18.9 Å². The van der Waals surface area contributed by atoms with Crippen molar-refractivity contribution in [3.05, 3.63) is 11.5 Å². The van der Waals surface area contributed by atoms with E-state index in [9.17, 15) is 13.2 Å². The van der Waals surface area contributed by atoms with Crippen molar-refractivity contribution in [2.75, 3.05) is 27.7 Å². The zero-order chi connectivity index (χ0) is 14.1. The molecule has 0 radical (unpaired) electrons. The Hall–Kier alpha value is -1.41. The van der Waals surface area contributed by atoms with Crippen molar-refractivity contribution in [1.82, 2.24) is 14.4 Å². The molecule has 0 saturated carbocycles. The summed E-state index contributed by atoms with van der Waals surface area (Å²) in [6, 6.07) is 0. The average molecular weight is 275 g/mol. The van der Waals surface area contributed by atoms with Gasteiger partial charge in [0.1, 0.15) is 10.6 Å². The molecule has 0 bridgehead atoms. The summed E-state index contributed by atoms with van der Waals surface area (Å²) >= 11 is 0. The van der Waals surface area contributed by atoms with Gasteiger partial charge in [-0.1, -0.05) is 5.16 Å². The van der Waals surface area contributed by atoms with Gasteiger partial charge in [-0.05, 0) is 13.8 Å². The van der Waals surface area contributed by atoms with E-state index in [1.807, 2.05) is 0 Å². The third kappa shape index (κ3) is 2.70. The SMILES string of the molecule is Cc1noc(C)c1S(=O)(=O)N(C)CC(=O)N(C)C. The summed E-state index contributed by atoms with van der Waals surface area (Å²) in [6.07, 6.45) is 0. The minimum Gasteiger partial charge on any atom is -0.360 e. The smallest absolute Gasteiger partial charge is 0.248 e. The summed E-state index contributed by atoms with van der Waals surface area (Å²) in [7, 11) is 0.730. The Kier molecular flexibility index (Phi) is 4.12. The van der Waals surface area contributed by atoms with Gasteiger partial charge in [0.25, 0.3) is 0 Å². The number of amides is 1. The first-order valence-electron chi connectivity index (χ1n) is 5.27. The van der Waals surface area contributed by atoms with Crippen LogP contribution in [0.5, 0.6) is 0 Å². The van der Waals surface area contributed by atoms with Gasteiger partial charge < -0.3 is 9.42 Å². The van der Waals surface area contributed by atoms with Crippen molar-refractivity contribution in [1.29, 1.82) is 0 Å². The van der Waals surface area contributed by atoms with E-state index in [4.69, 9.17) is 4.52 Å². The van der Waals surface area contributed by atoms with Crippen LogP contribution >= 0.6 is 0 Å². The highest BCUT2D eigenvalue weighted by Gasteiger charge is 2.29. The summed E-state index contributed by atoms with van der Waals surface area (Å²) in [5.41, 5.74) is 0.289. The second kappa shape index (κ2) is 5.07. The van der Waals surface area contributed by atoms with E-state index in [0.717, 1.165) is 4.31 Å². The molecule has 8 heteroatoms. The molecule has 0 atom stereocenters. The second-order valence-electron chi connectivity index (χ2n) is 4.20. The molecule has 7 nitrogen and oxygen atoms in total. The normalized spacial score (nSPS) is 11.9. The number of hydrogen-bond acceptors (Lipinski definition) is 5. The van der Waals surface area contributed by atoms with Crippen molar-refractivity contribution in [2.45, 2.75) is 18.7 Å². The first-order chi connectivity index (χ1) is 8.17. The maximum atomic E-state index is 12.2. The maximum absolute atomic E-state index is 12.2. The Morgan fingerprint density at radius 1 is 1.28 bits per heavy atom. The summed E-state index contributed by atoms with van der Waals surface area (Å²) in [4.78, 5) is 12.9. The van der Waals surface area contributed by atoms with Crippen LogP contribution in [-0.2, 0) is 14.8 Å². The Bertz CT molecular complexity index is 528. The minimum absolute atomic E-state index is 0.0246. The number of rotatable bonds is 4. The van der Waals surface area contributed by atoms with Gasteiger partial charge in [-0.25, -0.2) is 8.42 Å². The number of carbonyl (C=O) groups is 1. The zero-order valence-electron chi connectivity index (χ0n) is 11.1. The van der Waals surface area contributed by atoms with Crippen LogP contribution in [0.1, 0.15) is 11.5 Å². The van der Waals surface area contributed by atoms with Crippen LogP contribution in [-0.4, -0.2) is 56.4 Å². The molecule has 0 aromatic carbocycles. The summed E-state index contributed by atoms with van der Waals surface area (Å²) in [6.45, 7) is 2.85. The van der Waals surface area contributed by atoms with Crippen LogP contribution in [0.3, 0.4) is 0 Å². The number of carbonyl (C=O) groups excluding carboxylic acids is 1. The van der Waals surface area contributed by atoms with Crippen LogP contribution in [0.4, 0.5) is 0 Å². The molecule has 1 aromatic rings. The third-order valence-electron chi connectivity index (χ3n) is 2.49. The molecule has 0 aliphatic carbocycles. The van der Waals surface area contributed by atoms with Gasteiger partial charge in [0, 0.05) is 21.1 Å². The number of sulfonamides is 1. The molecule has 1 aromatic heterocycles. The highest BCUT2D eigenvalue weighted by molar-refractivity contribution is 7.89. The Balaban J connectivity index is 3.05. The third-order valence-corrected chi connectivity index (χ3v) is 4.54. The minimum atomic E-state index is -3.76. The standard InChI is InChI=1S/C10H17N3O4S/c1-7-10(8(2)17-11-7)18(15,16)13(5)6-9(14)12(3)4/h6H2,1-5H3. The molecule has 0 aliphatic rings. The molecular weight excluding hydrogens is 258 g/mol. The average Bonchev–Trinajstić information content (AvgIpc) is 2.58. The lowest BCUT2D eigenvalue weighted by Gasteiger charge is -2.18. The molecular formula is C10H17N3O4S. The van der Waals surface area contributed by atoms with Crippen molar-refractivity contribution in [2.24, 2.45) is 0 Å². The van der Waals surface area contributed by atoms with Crippen LogP contribution in [0.25, 0.3) is 0 Å². The molecule has 0 spiro atoms. The lowest BCUT2D eigenvalue weighted by atomic mass is 10.4. The lowest BCUT2D eigenvalue weighted by Crippen LogP contribution is -2.38. The Morgan fingerprint density at radius 2 is 1.83 bits per heavy atom. The van der Waals surface area contributed by atoms with Crippen LogP contribution in [0.2, 0.25) is 0 Å². The van der Waals surface area contributed by atoms with Crippen molar-refractivity contribution in [3.8, 4) is 0 Å². The van der Waals surface area contributed by atoms with Crippen LogP contribution in [0.15, 0.2) is 9.42 Å². The highest BCUT2D eigenvalue weighted by atomic mass is 32.2. The van der Waals surface area contributed by atoms with E-state index in [1.54, 1.807) is 21.0 Å². The fraction of sp³-hybridized carbons (Fsp3) is 0.600. The van der Waals surface area contributed by atoms with Crippen molar-refractivity contribution < 1.29 is 17.7 Å². The van der Waals surface area contributed by atoms with E-state index in [2.05, 4.69) is 5.16 Å². The highest BCUT2D eigenvalue weighted by Crippen LogP contribution is 2.22. The van der Waals surface area contributed by atoms with E-state index < -0.39 is 10.0 Å². The first-order valence-corrected chi connectivity index (χ1v) is 6.71. The number of aromatic nitrogens is 1. The zero-order valence-corrected chi connectivity index (χ0v) is 11.9. The number of aryl methyl sites for hydroxylation is 2. The molecule has 1 rings (SSSR count). The number of likely N-dealkylation sites (N-methyl/N-ethyl adjacent to an activating group) is 2. The molecule has 1 amide bonds. The van der Waals surface area contributed by atoms with Gasteiger partial charge >= 0.3 is 0 Å². The Morgan fingerprint density at radius 3 is 2.22 bits per heavy atom. The van der Waals surface area contributed by atoms with Crippen molar-refractivity contribution in [3.63, 3.8) is 0 Å². The van der Waals surface area contributed by atoms with Crippen molar-refractivity contribution >= 4 is 15.9 Å². The Labute approximate surface area is 106 Å². The van der Waals surface area contributed by atoms with Gasteiger partial charge in [0.05, 0.1) is 6.54 Å². The fourth-order valence-electron chi connectivity index (χ4n) is 1.42. The topological polar surface area (TPSA) is 83.7 Å². The molecule has 102 valence electrons. The van der Waals surface area contributed by atoms with E-state index in [0.29, 0.717) is 0 Å². The summed E-state index contributed by atoms with van der Waals surface area (Å²) < 4.78 is 30.3. The number of hydrogen-bond donors (Lipinski definition) is 0. The van der Waals surface area contributed by atoms with Gasteiger partial charge in [0.15, 0.2) is 5.76 Å². The molecule has 0 N–H and O–H groups in total.